The SMILES string of the molecule is Cc1c(-c2ccc(O)c(CN3CCN(CCCO)CC3)c2)ssc1=S. The van der Waals surface area contributed by atoms with Gasteiger partial charge in [-0.3, -0.25) is 4.90 Å². The maximum absolute atomic E-state index is 10.3. The van der Waals surface area contributed by atoms with E-state index in [1.54, 1.807) is 26.7 Å². The van der Waals surface area contributed by atoms with Crippen molar-refractivity contribution in [2.24, 2.45) is 0 Å². The zero-order valence-electron chi connectivity index (χ0n) is 14.4. The number of rotatable bonds is 6. The van der Waals surface area contributed by atoms with E-state index in [9.17, 15) is 5.11 Å². The Balaban J connectivity index is 1.68. The van der Waals surface area contributed by atoms with E-state index in [1.807, 2.05) is 6.07 Å². The van der Waals surface area contributed by atoms with Gasteiger partial charge in [0, 0.05) is 51.4 Å². The van der Waals surface area contributed by atoms with Crippen LogP contribution in [-0.4, -0.2) is 59.3 Å². The lowest BCUT2D eigenvalue weighted by atomic mass is 10.1. The first-order valence-electron chi connectivity index (χ1n) is 8.56. The van der Waals surface area contributed by atoms with Gasteiger partial charge >= 0.3 is 0 Å². The van der Waals surface area contributed by atoms with Crippen molar-refractivity contribution in [1.29, 1.82) is 0 Å². The average molecular weight is 397 g/mol. The molecular formula is C18H24N2O2S3. The zero-order chi connectivity index (χ0) is 17.8. The van der Waals surface area contributed by atoms with Gasteiger partial charge in [0.2, 0.25) is 0 Å². The van der Waals surface area contributed by atoms with Gasteiger partial charge in [-0.1, -0.05) is 32.9 Å². The fraction of sp³-hybridized carbons (Fsp3) is 0.500. The molecule has 1 aromatic carbocycles. The van der Waals surface area contributed by atoms with E-state index >= 15 is 0 Å². The fourth-order valence-electron chi connectivity index (χ4n) is 3.12. The van der Waals surface area contributed by atoms with Gasteiger partial charge in [0.15, 0.2) is 0 Å². The van der Waals surface area contributed by atoms with Gasteiger partial charge in [0.1, 0.15) is 9.57 Å². The summed E-state index contributed by atoms with van der Waals surface area (Å²) in [7, 11) is 3.35. The summed E-state index contributed by atoms with van der Waals surface area (Å²) in [5, 5.41) is 19.2. The molecule has 1 fully saturated rings. The average Bonchev–Trinajstić information content (AvgIpc) is 2.95. The molecule has 7 heteroatoms. The van der Waals surface area contributed by atoms with Crippen LogP contribution in [0, 0.1) is 10.7 Å². The maximum Gasteiger partial charge on any atom is 0.120 e. The van der Waals surface area contributed by atoms with E-state index in [4.69, 9.17) is 17.3 Å². The molecule has 25 heavy (non-hydrogen) atoms. The lowest BCUT2D eigenvalue weighted by molar-refractivity contribution is 0.119. The molecule has 0 atom stereocenters. The molecule has 2 heterocycles. The summed E-state index contributed by atoms with van der Waals surface area (Å²) in [5.41, 5.74) is 3.29. The van der Waals surface area contributed by atoms with Crippen LogP contribution in [0.5, 0.6) is 5.75 Å². The van der Waals surface area contributed by atoms with Crippen LogP contribution in [0.15, 0.2) is 18.2 Å². The summed E-state index contributed by atoms with van der Waals surface area (Å²) < 4.78 is 0.952. The van der Waals surface area contributed by atoms with E-state index in [0.717, 1.165) is 60.6 Å². The predicted octanol–water partition coefficient (Wildman–Crippen LogP) is 3.72. The number of aliphatic hydroxyl groups excluding tert-OH is 1. The number of phenolic OH excluding ortho intramolecular Hbond substituents is 1. The number of piperazine rings is 1. The second-order valence-corrected chi connectivity index (χ2v) is 9.26. The Labute approximate surface area is 161 Å². The van der Waals surface area contributed by atoms with E-state index in [-0.39, 0.29) is 6.61 Å². The van der Waals surface area contributed by atoms with Crippen LogP contribution >= 0.6 is 32.9 Å². The van der Waals surface area contributed by atoms with Crippen LogP contribution in [0.2, 0.25) is 0 Å². The van der Waals surface area contributed by atoms with Gasteiger partial charge in [-0.05, 0) is 42.7 Å². The minimum Gasteiger partial charge on any atom is -0.508 e. The molecule has 136 valence electrons. The number of aromatic hydroxyl groups is 1. The maximum atomic E-state index is 10.3. The molecule has 0 amide bonds. The Kier molecular flexibility index (Phi) is 6.60. The zero-order valence-corrected chi connectivity index (χ0v) is 16.9. The smallest absolute Gasteiger partial charge is 0.120 e. The van der Waals surface area contributed by atoms with Crippen molar-refractivity contribution in [3.63, 3.8) is 0 Å². The molecule has 1 aromatic heterocycles. The molecule has 0 radical (unpaired) electrons. The van der Waals surface area contributed by atoms with Gasteiger partial charge in [-0.15, -0.1) is 0 Å². The van der Waals surface area contributed by atoms with Crippen molar-refractivity contribution < 1.29 is 10.2 Å². The highest BCUT2D eigenvalue weighted by molar-refractivity contribution is 7.80. The number of hydrogen-bond acceptors (Lipinski definition) is 7. The third-order valence-electron chi connectivity index (χ3n) is 4.68. The minimum absolute atomic E-state index is 0.260. The Morgan fingerprint density at radius 1 is 1.12 bits per heavy atom. The van der Waals surface area contributed by atoms with Crippen molar-refractivity contribution in [3.8, 4) is 16.2 Å². The topological polar surface area (TPSA) is 46.9 Å². The second-order valence-electron chi connectivity index (χ2n) is 6.45. The van der Waals surface area contributed by atoms with Crippen molar-refractivity contribution >= 4 is 32.9 Å². The first-order valence-corrected chi connectivity index (χ1v) is 11.1. The number of hydrogen-bond donors (Lipinski definition) is 2. The van der Waals surface area contributed by atoms with Gasteiger partial charge in [0.05, 0.1) is 4.88 Å². The molecule has 1 saturated heterocycles. The predicted molar refractivity (Wildman–Crippen MR) is 108 cm³/mol. The number of phenols is 1. The second kappa shape index (κ2) is 8.70. The number of aliphatic hydroxyl groups is 1. The van der Waals surface area contributed by atoms with Gasteiger partial charge in [-0.25, -0.2) is 0 Å². The standard InChI is InChI=1S/C18H24N2O2S3/c1-13-17(24-25-18(13)23)14-3-4-16(22)15(11-14)12-20-8-6-19(7-9-20)5-2-10-21/h3-4,11,21-22H,2,5-10,12H2,1H3. The minimum atomic E-state index is 0.260. The molecule has 1 aliphatic heterocycles. The number of benzene rings is 1. The lowest BCUT2D eigenvalue weighted by Gasteiger charge is -2.34. The van der Waals surface area contributed by atoms with Gasteiger partial charge in [0.25, 0.3) is 0 Å². The van der Waals surface area contributed by atoms with E-state index in [1.165, 1.54) is 10.4 Å². The van der Waals surface area contributed by atoms with E-state index < -0.39 is 0 Å². The Morgan fingerprint density at radius 2 is 1.84 bits per heavy atom. The lowest BCUT2D eigenvalue weighted by Crippen LogP contribution is -2.46. The molecule has 2 N–H and O–H groups in total. The summed E-state index contributed by atoms with van der Waals surface area (Å²) in [6, 6.07) is 5.88. The van der Waals surface area contributed by atoms with Crippen molar-refractivity contribution in [2.45, 2.75) is 19.9 Å². The van der Waals surface area contributed by atoms with E-state index in [2.05, 4.69) is 22.8 Å². The monoisotopic (exact) mass is 396 g/mol. The Bertz CT molecular complexity index is 764. The number of nitrogens with zero attached hydrogens (tertiary/aromatic N) is 2. The van der Waals surface area contributed by atoms with Crippen LogP contribution < -0.4 is 0 Å². The highest BCUT2D eigenvalue weighted by Crippen LogP contribution is 2.36. The van der Waals surface area contributed by atoms with Crippen molar-refractivity contribution in [2.75, 3.05) is 39.3 Å². The molecular weight excluding hydrogens is 372 g/mol. The molecule has 0 saturated carbocycles. The van der Waals surface area contributed by atoms with E-state index in [0.29, 0.717) is 5.75 Å². The summed E-state index contributed by atoms with van der Waals surface area (Å²) in [6.07, 6.45) is 0.842. The first-order chi connectivity index (χ1) is 12.1. The Hall–Kier alpha value is -0.830. The third-order valence-corrected chi connectivity index (χ3v) is 8.05. The summed E-state index contributed by atoms with van der Waals surface area (Å²) in [5.74, 6) is 0.364. The highest BCUT2D eigenvalue weighted by atomic mass is 32.9. The molecule has 1 aliphatic rings. The summed E-state index contributed by atoms with van der Waals surface area (Å²) in [6.45, 7) is 8.09. The van der Waals surface area contributed by atoms with Crippen LogP contribution in [-0.2, 0) is 6.54 Å². The normalized spacial score (nSPS) is 16.4. The van der Waals surface area contributed by atoms with Crippen molar-refractivity contribution in [1.82, 2.24) is 9.80 Å². The van der Waals surface area contributed by atoms with Crippen LogP contribution in [0.1, 0.15) is 17.5 Å². The summed E-state index contributed by atoms with van der Waals surface area (Å²) in [4.78, 5) is 5.99. The van der Waals surface area contributed by atoms with Crippen LogP contribution in [0.4, 0.5) is 0 Å². The first kappa shape index (κ1) is 18.9. The largest absolute Gasteiger partial charge is 0.508 e. The molecule has 2 aromatic rings. The third kappa shape index (κ3) is 4.67. The Morgan fingerprint density at radius 3 is 2.48 bits per heavy atom. The van der Waals surface area contributed by atoms with Gasteiger partial charge in [-0.2, -0.15) is 0 Å². The molecule has 3 rings (SSSR count). The highest BCUT2D eigenvalue weighted by Gasteiger charge is 2.18. The molecule has 0 spiro atoms. The molecule has 0 bridgehead atoms. The molecule has 0 unspecified atom stereocenters. The fourth-order valence-corrected chi connectivity index (χ4v) is 6.01. The van der Waals surface area contributed by atoms with Crippen LogP contribution in [0.3, 0.4) is 0 Å². The van der Waals surface area contributed by atoms with Crippen LogP contribution in [0.25, 0.3) is 10.4 Å². The summed E-state index contributed by atoms with van der Waals surface area (Å²) >= 11 is 5.36. The van der Waals surface area contributed by atoms with Crippen molar-refractivity contribution in [3.05, 3.63) is 33.1 Å². The molecule has 4 nitrogen and oxygen atoms in total. The molecule has 0 aliphatic carbocycles. The quantitative estimate of drug-likeness (QED) is 0.576. The van der Waals surface area contributed by atoms with Gasteiger partial charge < -0.3 is 15.1 Å².